The Balaban J connectivity index is 2.49. The van der Waals surface area contributed by atoms with E-state index >= 15 is 0 Å². The molecule has 4 nitrogen and oxygen atoms in total. The largest absolute Gasteiger partial charge is 0.359 e. The fourth-order valence-corrected chi connectivity index (χ4v) is 1.99. The highest BCUT2D eigenvalue weighted by Gasteiger charge is 2.32. The molecule has 0 radical (unpaired) electrons. The van der Waals surface area contributed by atoms with Crippen molar-refractivity contribution in [2.75, 3.05) is 20.1 Å². The summed E-state index contributed by atoms with van der Waals surface area (Å²) in [6.07, 6.45) is 2.69. The van der Waals surface area contributed by atoms with Crippen LogP contribution in [0.1, 0.15) is 26.2 Å². The van der Waals surface area contributed by atoms with Gasteiger partial charge in [0, 0.05) is 19.0 Å². The lowest BCUT2D eigenvalue weighted by atomic mass is 9.79. The molecule has 0 aliphatic carbocycles. The number of piperidine rings is 1. The van der Waals surface area contributed by atoms with Crippen molar-refractivity contribution in [3.63, 3.8) is 0 Å². The summed E-state index contributed by atoms with van der Waals surface area (Å²) in [5.41, 5.74) is 5.79. The van der Waals surface area contributed by atoms with E-state index in [-0.39, 0.29) is 11.4 Å². The maximum atomic E-state index is 11.3. The summed E-state index contributed by atoms with van der Waals surface area (Å²) in [5, 5.41) is 5.94. The molecule has 0 aromatic heterocycles. The molecule has 1 heterocycles. The SMILES string of the molecule is CNC(=O)C[C@](C)(N)C1CCCNC1. The molecule has 0 bridgehead atoms. The molecule has 1 amide bonds. The first-order valence-electron chi connectivity index (χ1n) is 5.26. The number of hydrogen-bond donors (Lipinski definition) is 3. The van der Waals surface area contributed by atoms with Crippen molar-refractivity contribution >= 4 is 5.91 Å². The third-order valence-electron chi connectivity index (χ3n) is 3.05. The van der Waals surface area contributed by atoms with E-state index in [1.807, 2.05) is 6.92 Å². The van der Waals surface area contributed by atoms with Gasteiger partial charge in [0.1, 0.15) is 0 Å². The van der Waals surface area contributed by atoms with Crippen molar-refractivity contribution in [1.29, 1.82) is 0 Å². The maximum Gasteiger partial charge on any atom is 0.221 e. The Morgan fingerprint density at radius 1 is 1.71 bits per heavy atom. The van der Waals surface area contributed by atoms with Crippen molar-refractivity contribution in [3.05, 3.63) is 0 Å². The summed E-state index contributed by atoms with van der Waals surface area (Å²) >= 11 is 0. The van der Waals surface area contributed by atoms with Gasteiger partial charge in [-0.25, -0.2) is 0 Å². The number of carbonyl (C=O) groups excluding carboxylic acids is 1. The first-order chi connectivity index (χ1) is 6.56. The quantitative estimate of drug-likeness (QED) is 0.591. The Morgan fingerprint density at radius 2 is 2.43 bits per heavy atom. The van der Waals surface area contributed by atoms with Crippen molar-refractivity contribution in [2.45, 2.75) is 31.7 Å². The van der Waals surface area contributed by atoms with Crippen LogP contribution >= 0.6 is 0 Å². The minimum atomic E-state index is -0.381. The summed E-state index contributed by atoms with van der Waals surface area (Å²) in [4.78, 5) is 11.3. The number of nitrogens with one attached hydrogen (secondary N) is 2. The average Bonchev–Trinajstić information content (AvgIpc) is 2.18. The fraction of sp³-hybridized carbons (Fsp3) is 0.900. The molecular formula is C10H21N3O. The van der Waals surface area contributed by atoms with Crippen LogP contribution in [0.4, 0.5) is 0 Å². The molecular weight excluding hydrogens is 178 g/mol. The number of rotatable bonds is 3. The summed E-state index contributed by atoms with van der Waals surface area (Å²) in [6.45, 7) is 3.98. The van der Waals surface area contributed by atoms with Crippen LogP contribution in [-0.4, -0.2) is 31.6 Å². The zero-order valence-electron chi connectivity index (χ0n) is 9.10. The van der Waals surface area contributed by atoms with Gasteiger partial charge in [0.05, 0.1) is 0 Å². The van der Waals surface area contributed by atoms with E-state index in [1.165, 1.54) is 0 Å². The third-order valence-corrected chi connectivity index (χ3v) is 3.05. The summed E-state index contributed by atoms with van der Waals surface area (Å²) in [7, 11) is 1.65. The molecule has 1 fully saturated rings. The van der Waals surface area contributed by atoms with Gasteiger partial charge in [-0.15, -0.1) is 0 Å². The maximum absolute atomic E-state index is 11.3. The van der Waals surface area contributed by atoms with E-state index in [1.54, 1.807) is 7.05 Å². The Hall–Kier alpha value is -0.610. The molecule has 0 aromatic carbocycles. The topological polar surface area (TPSA) is 67.2 Å². The van der Waals surface area contributed by atoms with Gasteiger partial charge in [0.15, 0.2) is 0 Å². The highest BCUT2D eigenvalue weighted by atomic mass is 16.1. The molecule has 1 saturated heterocycles. The number of carbonyl (C=O) groups is 1. The van der Waals surface area contributed by atoms with Gasteiger partial charge in [0.2, 0.25) is 5.91 Å². The fourth-order valence-electron chi connectivity index (χ4n) is 1.99. The molecule has 4 N–H and O–H groups in total. The summed E-state index contributed by atoms with van der Waals surface area (Å²) in [6, 6.07) is 0. The first kappa shape index (κ1) is 11.5. The average molecular weight is 199 g/mol. The van der Waals surface area contributed by atoms with E-state index in [0.717, 1.165) is 25.9 Å². The number of hydrogen-bond acceptors (Lipinski definition) is 3. The van der Waals surface area contributed by atoms with Crippen molar-refractivity contribution in [2.24, 2.45) is 11.7 Å². The zero-order valence-corrected chi connectivity index (χ0v) is 9.10. The molecule has 14 heavy (non-hydrogen) atoms. The molecule has 2 atom stereocenters. The molecule has 1 aliphatic heterocycles. The molecule has 4 heteroatoms. The van der Waals surface area contributed by atoms with Crippen LogP contribution in [0.2, 0.25) is 0 Å². The van der Waals surface area contributed by atoms with Crippen LogP contribution < -0.4 is 16.4 Å². The van der Waals surface area contributed by atoms with Gasteiger partial charge in [-0.2, -0.15) is 0 Å². The second-order valence-corrected chi connectivity index (χ2v) is 4.40. The Kier molecular flexibility index (Phi) is 3.89. The lowest BCUT2D eigenvalue weighted by Gasteiger charge is -2.36. The van der Waals surface area contributed by atoms with Crippen LogP contribution in [0, 0.1) is 5.92 Å². The van der Waals surface area contributed by atoms with Gasteiger partial charge in [-0.1, -0.05) is 0 Å². The van der Waals surface area contributed by atoms with Gasteiger partial charge in [0.25, 0.3) is 0 Å². The third kappa shape index (κ3) is 2.96. The van der Waals surface area contributed by atoms with Crippen molar-refractivity contribution in [1.82, 2.24) is 10.6 Å². The van der Waals surface area contributed by atoms with Gasteiger partial charge in [-0.3, -0.25) is 4.79 Å². The second kappa shape index (κ2) is 4.75. The minimum Gasteiger partial charge on any atom is -0.359 e. The van der Waals surface area contributed by atoms with E-state index in [0.29, 0.717) is 12.3 Å². The zero-order chi connectivity index (χ0) is 10.6. The van der Waals surface area contributed by atoms with Crippen molar-refractivity contribution < 1.29 is 4.79 Å². The Labute approximate surface area is 85.6 Å². The van der Waals surface area contributed by atoms with Gasteiger partial charge in [-0.05, 0) is 38.8 Å². The number of amides is 1. The van der Waals surface area contributed by atoms with E-state index in [9.17, 15) is 4.79 Å². The van der Waals surface area contributed by atoms with E-state index < -0.39 is 0 Å². The monoisotopic (exact) mass is 199 g/mol. The predicted octanol–water partition coefficient (Wildman–Crippen LogP) is -0.160. The van der Waals surface area contributed by atoms with Crippen LogP contribution in [0.15, 0.2) is 0 Å². The Morgan fingerprint density at radius 3 is 2.93 bits per heavy atom. The lowest BCUT2D eigenvalue weighted by Crippen LogP contribution is -2.52. The van der Waals surface area contributed by atoms with Crippen LogP contribution in [-0.2, 0) is 4.79 Å². The predicted molar refractivity (Wildman–Crippen MR) is 56.9 cm³/mol. The normalized spacial score (nSPS) is 26.6. The molecule has 0 aromatic rings. The highest BCUT2D eigenvalue weighted by Crippen LogP contribution is 2.24. The van der Waals surface area contributed by atoms with Crippen LogP contribution in [0.3, 0.4) is 0 Å². The van der Waals surface area contributed by atoms with Crippen LogP contribution in [0.25, 0.3) is 0 Å². The summed E-state index contributed by atoms with van der Waals surface area (Å²) in [5.74, 6) is 0.439. The van der Waals surface area contributed by atoms with Gasteiger partial charge < -0.3 is 16.4 Å². The highest BCUT2D eigenvalue weighted by molar-refractivity contribution is 5.76. The smallest absolute Gasteiger partial charge is 0.221 e. The molecule has 0 saturated carbocycles. The molecule has 1 rings (SSSR count). The minimum absolute atomic E-state index is 0.0283. The Bertz CT molecular complexity index is 198. The summed E-state index contributed by atoms with van der Waals surface area (Å²) < 4.78 is 0. The number of nitrogens with two attached hydrogens (primary N) is 1. The van der Waals surface area contributed by atoms with Gasteiger partial charge >= 0.3 is 0 Å². The second-order valence-electron chi connectivity index (χ2n) is 4.40. The molecule has 1 aliphatic rings. The molecule has 82 valence electrons. The molecule has 0 spiro atoms. The van der Waals surface area contributed by atoms with E-state index in [4.69, 9.17) is 5.73 Å². The standard InChI is InChI=1S/C10H21N3O/c1-10(11,6-9(14)12-2)8-4-3-5-13-7-8/h8,13H,3-7,11H2,1-2H3,(H,12,14)/t8?,10-/m0/s1. The van der Waals surface area contributed by atoms with Crippen LogP contribution in [0.5, 0.6) is 0 Å². The van der Waals surface area contributed by atoms with Crippen molar-refractivity contribution in [3.8, 4) is 0 Å². The first-order valence-corrected chi connectivity index (χ1v) is 5.26. The van der Waals surface area contributed by atoms with E-state index in [2.05, 4.69) is 10.6 Å². The molecule has 1 unspecified atom stereocenters. The lowest BCUT2D eigenvalue weighted by molar-refractivity contribution is -0.122.